The van der Waals surface area contributed by atoms with Crippen LogP contribution in [-0.2, 0) is 6.42 Å². The number of hydrogen-bond donors (Lipinski definition) is 1. The number of aromatic nitrogens is 2. The molecule has 1 aromatic heterocycles. The van der Waals surface area contributed by atoms with Crippen molar-refractivity contribution in [3.05, 3.63) is 77.1 Å². The Balaban J connectivity index is 1.76. The molecule has 0 bridgehead atoms. The zero-order valence-electron chi connectivity index (χ0n) is 18.6. The first-order valence-electron chi connectivity index (χ1n) is 11.0. The van der Waals surface area contributed by atoms with E-state index in [1.54, 1.807) is 17.0 Å². The maximum Gasteiger partial charge on any atom is 0.322 e. The van der Waals surface area contributed by atoms with Crippen molar-refractivity contribution >= 4 is 11.6 Å². The maximum absolute atomic E-state index is 13.5. The molecule has 7 heteroatoms. The molecule has 1 atom stereocenters. The van der Waals surface area contributed by atoms with Gasteiger partial charge < -0.3 is 9.84 Å². The number of unbranched alkanes of at least 4 members (excludes halogenated alkanes) is 1. The van der Waals surface area contributed by atoms with Gasteiger partial charge in [0.05, 0.1) is 11.6 Å². The summed E-state index contributed by atoms with van der Waals surface area (Å²) in [6, 6.07) is 13.4. The van der Waals surface area contributed by atoms with Crippen molar-refractivity contribution in [1.82, 2.24) is 20.4 Å². The number of amides is 2. The van der Waals surface area contributed by atoms with Gasteiger partial charge >= 0.3 is 6.03 Å². The van der Waals surface area contributed by atoms with Crippen LogP contribution in [0.1, 0.15) is 56.7 Å². The van der Waals surface area contributed by atoms with E-state index in [2.05, 4.69) is 29.3 Å². The zero-order valence-corrected chi connectivity index (χ0v) is 18.6. The fourth-order valence-electron chi connectivity index (χ4n) is 3.89. The third kappa shape index (κ3) is 4.28. The lowest BCUT2D eigenvalue weighted by Gasteiger charge is -2.35. The summed E-state index contributed by atoms with van der Waals surface area (Å²) in [5.74, 6) is 0.490. The predicted octanol–water partition coefficient (Wildman–Crippen LogP) is 5.74. The Hall–Kier alpha value is -3.48. The van der Waals surface area contributed by atoms with E-state index in [-0.39, 0.29) is 11.8 Å². The van der Waals surface area contributed by atoms with Crippen molar-refractivity contribution in [2.24, 2.45) is 0 Å². The lowest BCUT2D eigenvalue weighted by atomic mass is 9.94. The molecule has 32 heavy (non-hydrogen) atoms. The van der Waals surface area contributed by atoms with Crippen molar-refractivity contribution in [2.75, 3.05) is 6.54 Å². The molecule has 0 fully saturated rings. The van der Waals surface area contributed by atoms with E-state index < -0.39 is 6.04 Å². The van der Waals surface area contributed by atoms with Crippen LogP contribution in [0.2, 0.25) is 0 Å². The molecule has 2 heterocycles. The summed E-state index contributed by atoms with van der Waals surface area (Å²) in [7, 11) is 0. The fourth-order valence-corrected chi connectivity index (χ4v) is 3.89. The number of allylic oxidation sites excluding steroid dienone is 1. The molecular formula is C25H27FN4O2. The minimum Gasteiger partial charge on any atom is -0.334 e. The molecule has 0 saturated carbocycles. The number of benzene rings is 2. The average Bonchev–Trinajstić information content (AvgIpc) is 3.29. The van der Waals surface area contributed by atoms with E-state index in [1.807, 2.05) is 31.2 Å². The lowest BCUT2D eigenvalue weighted by Crippen LogP contribution is -2.46. The summed E-state index contributed by atoms with van der Waals surface area (Å²) in [4.78, 5) is 19.2. The van der Waals surface area contributed by atoms with Gasteiger partial charge in [-0.25, -0.2) is 9.18 Å². The predicted molar refractivity (Wildman–Crippen MR) is 121 cm³/mol. The van der Waals surface area contributed by atoms with Gasteiger partial charge in [-0.1, -0.05) is 61.8 Å². The Morgan fingerprint density at radius 2 is 1.81 bits per heavy atom. The Morgan fingerprint density at radius 1 is 1.09 bits per heavy atom. The highest BCUT2D eigenvalue weighted by Crippen LogP contribution is 2.37. The molecule has 1 aliphatic heterocycles. The Labute approximate surface area is 187 Å². The second-order valence-electron chi connectivity index (χ2n) is 7.91. The topological polar surface area (TPSA) is 71.3 Å². The normalized spacial score (nSPS) is 16.4. The summed E-state index contributed by atoms with van der Waals surface area (Å²) in [6.45, 7) is 6.67. The first-order valence-corrected chi connectivity index (χ1v) is 11.0. The first kappa shape index (κ1) is 21.7. The molecule has 1 aliphatic rings. The minimum absolute atomic E-state index is 0.191. The van der Waals surface area contributed by atoms with Gasteiger partial charge in [-0.2, -0.15) is 4.98 Å². The highest BCUT2D eigenvalue weighted by atomic mass is 19.1. The Bertz CT molecular complexity index is 1120. The van der Waals surface area contributed by atoms with Gasteiger partial charge in [0, 0.05) is 17.8 Å². The van der Waals surface area contributed by atoms with E-state index in [4.69, 9.17) is 4.52 Å². The van der Waals surface area contributed by atoms with Crippen LogP contribution in [0.4, 0.5) is 9.18 Å². The smallest absolute Gasteiger partial charge is 0.322 e. The maximum atomic E-state index is 13.5. The van der Waals surface area contributed by atoms with Crippen LogP contribution < -0.4 is 5.32 Å². The minimum atomic E-state index is -0.517. The van der Waals surface area contributed by atoms with Crippen molar-refractivity contribution in [3.8, 4) is 11.4 Å². The second kappa shape index (κ2) is 9.34. The summed E-state index contributed by atoms with van der Waals surface area (Å²) in [5, 5.41) is 7.22. The van der Waals surface area contributed by atoms with E-state index >= 15 is 0 Å². The third-order valence-corrected chi connectivity index (χ3v) is 5.81. The molecule has 1 N–H and O–H groups in total. The number of carbonyl (C=O) groups excluding carboxylic acids is 1. The van der Waals surface area contributed by atoms with Gasteiger partial charge in [0.25, 0.3) is 5.89 Å². The Morgan fingerprint density at radius 3 is 2.47 bits per heavy atom. The van der Waals surface area contributed by atoms with Gasteiger partial charge in [0.1, 0.15) is 5.82 Å². The first-order chi connectivity index (χ1) is 15.5. The number of urea groups is 1. The molecule has 1 unspecified atom stereocenters. The molecule has 2 aromatic carbocycles. The molecule has 4 rings (SSSR count). The highest BCUT2D eigenvalue weighted by Gasteiger charge is 2.35. The number of carbonyl (C=O) groups is 1. The van der Waals surface area contributed by atoms with Gasteiger partial charge in [0.15, 0.2) is 0 Å². The molecule has 0 aliphatic carbocycles. The van der Waals surface area contributed by atoms with Crippen molar-refractivity contribution < 1.29 is 13.7 Å². The molecule has 2 amide bonds. The van der Waals surface area contributed by atoms with Gasteiger partial charge in [-0.05, 0) is 43.0 Å². The SMILES string of the molecule is CCCCN1C(=O)NC(c2ccc(F)cc2)C(c2nc(-c3ccc(CC)cc3)no2)=C1C. The van der Waals surface area contributed by atoms with Crippen LogP contribution in [0.5, 0.6) is 0 Å². The summed E-state index contributed by atoms with van der Waals surface area (Å²) in [6.07, 6.45) is 2.79. The van der Waals surface area contributed by atoms with Crippen molar-refractivity contribution in [2.45, 2.75) is 46.1 Å². The monoisotopic (exact) mass is 434 g/mol. The summed E-state index contributed by atoms with van der Waals surface area (Å²) >= 11 is 0. The Kier molecular flexibility index (Phi) is 6.35. The number of rotatable bonds is 7. The van der Waals surface area contributed by atoms with E-state index in [9.17, 15) is 9.18 Å². The van der Waals surface area contributed by atoms with Crippen molar-refractivity contribution in [1.29, 1.82) is 0 Å². The molecule has 6 nitrogen and oxygen atoms in total. The number of hydrogen-bond acceptors (Lipinski definition) is 4. The molecule has 0 radical (unpaired) electrons. The van der Waals surface area contributed by atoms with Gasteiger partial charge in [0.2, 0.25) is 5.82 Å². The second-order valence-corrected chi connectivity index (χ2v) is 7.91. The fraction of sp³-hybridized carbons (Fsp3) is 0.320. The largest absolute Gasteiger partial charge is 0.334 e. The van der Waals surface area contributed by atoms with Crippen LogP contribution in [0.15, 0.2) is 58.8 Å². The van der Waals surface area contributed by atoms with Crippen LogP contribution >= 0.6 is 0 Å². The summed E-state index contributed by atoms with van der Waals surface area (Å²) in [5.41, 5.74) is 4.31. The molecular weight excluding hydrogens is 407 g/mol. The number of nitrogens with zero attached hydrogens (tertiary/aromatic N) is 3. The molecule has 166 valence electrons. The lowest BCUT2D eigenvalue weighted by molar-refractivity contribution is 0.204. The van der Waals surface area contributed by atoms with Crippen LogP contribution in [-0.4, -0.2) is 27.6 Å². The summed E-state index contributed by atoms with van der Waals surface area (Å²) < 4.78 is 19.2. The van der Waals surface area contributed by atoms with Gasteiger partial charge in [-0.3, -0.25) is 4.90 Å². The van der Waals surface area contributed by atoms with E-state index in [1.165, 1.54) is 17.7 Å². The molecule has 3 aromatic rings. The quantitative estimate of drug-likeness (QED) is 0.515. The number of halogens is 1. The molecule has 0 spiro atoms. The molecule has 0 saturated heterocycles. The standard InChI is InChI=1S/C25H27FN4O2/c1-4-6-15-30-16(3)21(22(27-25(30)31)18-11-13-20(26)14-12-18)24-28-23(29-32-24)19-9-7-17(5-2)8-10-19/h7-14,22H,4-6,15H2,1-3H3,(H,27,31). The van der Waals surface area contributed by atoms with Crippen LogP contribution in [0.3, 0.4) is 0 Å². The van der Waals surface area contributed by atoms with E-state index in [0.29, 0.717) is 18.3 Å². The van der Waals surface area contributed by atoms with Crippen LogP contribution in [0.25, 0.3) is 17.0 Å². The van der Waals surface area contributed by atoms with Gasteiger partial charge in [-0.15, -0.1) is 0 Å². The number of nitrogens with one attached hydrogen (secondary N) is 1. The van der Waals surface area contributed by atoms with E-state index in [0.717, 1.165) is 41.7 Å². The highest BCUT2D eigenvalue weighted by molar-refractivity contribution is 5.86. The zero-order chi connectivity index (χ0) is 22.7. The third-order valence-electron chi connectivity index (χ3n) is 5.81. The van der Waals surface area contributed by atoms with Crippen molar-refractivity contribution in [3.63, 3.8) is 0 Å². The average molecular weight is 435 g/mol. The number of aryl methyl sites for hydroxylation is 1. The van der Waals surface area contributed by atoms with Crippen LogP contribution in [0, 0.1) is 5.82 Å².